The first-order chi connectivity index (χ1) is 12.0. The van der Waals surface area contributed by atoms with E-state index >= 15 is 0 Å². The highest BCUT2D eigenvalue weighted by Crippen LogP contribution is 2.43. The highest BCUT2D eigenvalue weighted by Gasteiger charge is 2.52. The summed E-state index contributed by atoms with van der Waals surface area (Å²) in [6, 6.07) is 5.17. The van der Waals surface area contributed by atoms with Gasteiger partial charge in [-0.2, -0.15) is 0 Å². The molecule has 0 radical (unpaired) electrons. The van der Waals surface area contributed by atoms with Crippen LogP contribution in [0.25, 0.3) is 0 Å². The Morgan fingerprint density at radius 2 is 1.88 bits per heavy atom. The lowest BCUT2D eigenvalue weighted by molar-refractivity contribution is -0.126. The van der Waals surface area contributed by atoms with E-state index in [4.69, 9.17) is 14.2 Å². The van der Waals surface area contributed by atoms with Gasteiger partial charge in [0.2, 0.25) is 0 Å². The first kappa shape index (κ1) is 15.8. The van der Waals surface area contributed by atoms with Gasteiger partial charge in [0.05, 0.1) is 39.6 Å². The number of hydrogen-bond acceptors (Lipinski definition) is 6. The van der Waals surface area contributed by atoms with Crippen LogP contribution < -0.4 is 9.47 Å². The van der Waals surface area contributed by atoms with Crippen molar-refractivity contribution in [1.29, 1.82) is 0 Å². The van der Waals surface area contributed by atoms with Crippen LogP contribution in [0.15, 0.2) is 24.4 Å². The number of amides is 1. The van der Waals surface area contributed by atoms with Crippen molar-refractivity contribution in [3.63, 3.8) is 0 Å². The summed E-state index contributed by atoms with van der Waals surface area (Å²) in [5.41, 5.74) is 1.97. The topological polar surface area (TPSA) is 73.8 Å². The van der Waals surface area contributed by atoms with Crippen LogP contribution in [0.1, 0.15) is 27.4 Å². The molecule has 1 spiro atoms. The quantitative estimate of drug-likeness (QED) is 0.846. The van der Waals surface area contributed by atoms with Gasteiger partial charge < -0.3 is 19.1 Å². The largest absolute Gasteiger partial charge is 0.497 e. The predicted octanol–water partition coefficient (Wildman–Crippen LogP) is 1.68. The smallest absolute Gasteiger partial charge is 0.254 e. The number of fused-ring (bicyclic) bond motifs is 2. The number of methoxy groups -OCH3 is 2. The van der Waals surface area contributed by atoms with Crippen LogP contribution >= 0.6 is 0 Å². The number of aryl methyl sites for hydroxylation is 1. The summed E-state index contributed by atoms with van der Waals surface area (Å²) in [5, 5.41) is 0. The molecule has 0 N–H and O–H groups in total. The molecule has 1 amide bonds. The van der Waals surface area contributed by atoms with Gasteiger partial charge in [0.15, 0.2) is 0 Å². The Hall–Kier alpha value is -2.67. The molecule has 0 aliphatic carbocycles. The summed E-state index contributed by atoms with van der Waals surface area (Å²) < 4.78 is 16.4. The summed E-state index contributed by atoms with van der Waals surface area (Å²) in [6.07, 6.45) is 1.82. The van der Waals surface area contributed by atoms with Crippen molar-refractivity contribution in [2.75, 3.05) is 27.3 Å². The third-order valence-corrected chi connectivity index (χ3v) is 4.74. The normalized spacial score (nSPS) is 17.2. The van der Waals surface area contributed by atoms with Crippen molar-refractivity contribution in [1.82, 2.24) is 14.9 Å². The fourth-order valence-electron chi connectivity index (χ4n) is 3.38. The second-order valence-electron chi connectivity index (χ2n) is 6.32. The molecule has 0 unspecified atom stereocenters. The fourth-order valence-corrected chi connectivity index (χ4v) is 3.38. The minimum absolute atomic E-state index is 0.0760. The number of aromatic nitrogens is 2. The lowest BCUT2D eigenvalue weighted by Crippen LogP contribution is -2.61. The minimum Gasteiger partial charge on any atom is -0.497 e. The summed E-state index contributed by atoms with van der Waals surface area (Å²) >= 11 is 0. The Bertz CT molecular complexity index is 824. The zero-order valence-corrected chi connectivity index (χ0v) is 14.4. The molecule has 0 bridgehead atoms. The number of likely N-dealkylation sites (tertiary alicyclic amines) is 1. The number of nitrogens with zero attached hydrogens (tertiary/aromatic N) is 3. The van der Waals surface area contributed by atoms with Crippen LogP contribution in [0.3, 0.4) is 0 Å². The first-order valence-corrected chi connectivity index (χ1v) is 8.04. The third-order valence-electron chi connectivity index (χ3n) is 4.74. The molecule has 3 heterocycles. The Balaban J connectivity index is 1.55. The van der Waals surface area contributed by atoms with Gasteiger partial charge in [0.25, 0.3) is 5.91 Å². The SMILES string of the molecule is COc1cc(OC)cc(C(=O)N2CC3(C2)OCc2nc(C)ncc23)c1. The number of carbonyl (C=O) groups excluding carboxylic acids is 1. The number of ether oxygens (including phenoxy) is 3. The number of benzene rings is 1. The Morgan fingerprint density at radius 3 is 2.52 bits per heavy atom. The van der Waals surface area contributed by atoms with Gasteiger partial charge in [0, 0.05) is 23.4 Å². The van der Waals surface area contributed by atoms with E-state index in [9.17, 15) is 4.79 Å². The van der Waals surface area contributed by atoms with E-state index in [0.29, 0.717) is 36.8 Å². The number of carbonyl (C=O) groups is 1. The molecule has 1 aromatic heterocycles. The molecule has 7 heteroatoms. The standard InChI is InChI=1S/C18H19N3O4/c1-11-19-7-15-16(20-11)8-25-18(15)9-21(10-18)17(22)12-4-13(23-2)6-14(5-12)24-3/h4-7H,8-10H2,1-3H3. The van der Waals surface area contributed by atoms with E-state index in [1.807, 2.05) is 13.1 Å². The number of hydrogen-bond donors (Lipinski definition) is 0. The summed E-state index contributed by atoms with van der Waals surface area (Å²) in [4.78, 5) is 23.3. The highest BCUT2D eigenvalue weighted by molar-refractivity contribution is 5.96. The molecule has 1 fully saturated rings. The Kier molecular flexibility index (Phi) is 3.61. The van der Waals surface area contributed by atoms with Crippen molar-refractivity contribution < 1.29 is 19.0 Å². The van der Waals surface area contributed by atoms with Crippen molar-refractivity contribution in [2.24, 2.45) is 0 Å². The average Bonchev–Trinajstić information content (AvgIpc) is 2.98. The van der Waals surface area contributed by atoms with Crippen LogP contribution in [0.5, 0.6) is 11.5 Å². The predicted molar refractivity (Wildman–Crippen MR) is 88.7 cm³/mol. The maximum atomic E-state index is 12.8. The molecule has 0 saturated carbocycles. The third kappa shape index (κ3) is 2.51. The lowest BCUT2D eigenvalue weighted by Gasteiger charge is -2.47. The first-order valence-electron chi connectivity index (χ1n) is 8.04. The zero-order chi connectivity index (χ0) is 17.6. The Labute approximate surface area is 145 Å². The van der Waals surface area contributed by atoms with Crippen molar-refractivity contribution in [3.05, 3.63) is 47.0 Å². The number of rotatable bonds is 3. The van der Waals surface area contributed by atoms with E-state index in [1.165, 1.54) is 0 Å². The van der Waals surface area contributed by atoms with E-state index in [1.54, 1.807) is 37.3 Å². The molecule has 2 aliphatic rings. The molecule has 1 saturated heterocycles. The van der Waals surface area contributed by atoms with E-state index < -0.39 is 5.60 Å². The van der Waals surface area contributed by atoms with E-state index in [-0.39, 0.29) is 5.91 Å². The second-order valence-corrected chi connectivity index (χ2v) is 6.32. The maximum Gasteiger partial charge on any atom is 0.254 e. The van der Waals surface area contributed by atoms with Gasteiger partial charge in [-0.3, -0.25) is 4.79 Å². The van der Waals surface area contributed by atoms with Crippen LogP contribution in [0, 0.1) is 6.92 Å². The molecular weight excluding hydrogens is 322 g/mol. The van der Waals surface area contributed by atoms with Crippen LogP contribution in [0.4, 0.5) is 0 Å². The van der Waals surface area contributed by atoms with Crippen LogP contribution in [-0.4, -0.2) is 48.1 Å². The molecule has 1 aromatic carbocycles. The maximum absolute atomic E-state index is 12.8. The average molecular weight is 341 g/mol. The molecule has 25 heavy (non-hydrogen) atoms. The van der Waals surface area contributed by atoms with Crippen LogP contribution in [0.2, 0.25) is 0 Å². The van der Waals surface area contributed by atoms with Gasteiger partial charge in [-0.1, -0.05) is 0 Å². The summed E-state index contributed by atoms with van der Waals surface area (Å²) in [6.45, 7) is 3.31. The van der Waals surface area contributed by atoms with Crippen molar-refractivity contribution >= 4 is 5.91 Å². The molecule has 7 nitrogen and oxygen atoms in total. The summed E-state index contributed by atoms with van der Waals surface area (Å²) in [7, 11) is 3.12. The second kappa shape index (κ2) is 5.70. The molecular formula is C18H19N3O4. The molecule has 0 atom stereocenters. The molecule has 130 valence electrons. The van der Waals surface area contributed by atoms with Gasteiger partial charge in [-0.05, 0) is 19.1 Å². The monoisotopic (exact) mass is 341 g/mol. The van der Waals surface area contributed by atoms with E-state index in [2.05, 4.69) is 9.97 Å². The molecule has 2 aromatic rings. The van der Waals surface area contributed by atoms with Gasteiger partial charge >= 0.3 is 0 Å². The zero-order valence-electron chi connectivity index (χ0n) is 14.4. The van der Waals surface area contributed by atoms with E-state index in [0.717, 1.165) is 17.1 Å². The fraction of sp³-hybridized carbons (Fsp3) is 0.389. The lowest BCUT2D eigenvalue weighted by atomic mass is 9.87. The van der Waals surface area contributed by atoms with Gasteiger partial charge in [0.1, 0.15) is 22.9 Å². The molecule has 4 rings (SSSR count). The van der Waals surface area contributed by atoms with Crippen LogP contribution in [-0.2, 0) is 16.9 Å². The summed E-state index contributed by atoms with van der Waals surface area (Å²) in [5.74, 6) is 1.83. The Morgan fingerprint density at radius 1 is 1.20 bits per heavy atom. The highest BCUT2D eigenvalue weighted by atomic mass is 16.5. The molecule has 2 aliphatic heterocycles. The van der Waals surface area contributed by atoms with Gasteiger partial charge in [-0.15, -0.1) is 0 Å². The van der Waals surface area contributed by atoms with Crippen molar-refractivity contribution in [2.45, 2.75) is 19.1 Å². The van der Waals surface area contributed by atoms with Gasteiger partial charge in [-0.25, -0.2) is 9.97 Å². The minimum atomic E-state index is -0.471. The van der Waals surface area contributed by atoms with Crippen molar-refractivity contribution in [3.8, 4) is 11.5 Å².